The summed E-state index contributed by atoms with van der Waals surface area (Å²) in [7, 11) is 5.15. The van der Waals surface area contributed by atoms with Gasteiger partial charge in [-0.1, -0.05) is 23.3 Å². The molecule has 0 spiro atoms. The number of aromatic nitrogens is 1. The van der Waals surface area contributed by atoms with Crippen LogP contribution >= 0.6 is 0 Å². The second-order valence-corrected chi connectivity index (χ2v) is 7.19. The lowest BCUT2D eigenvalue weighted by atomic mass is 10.1. The predicted molar refractivity (Wildman–Crippen MR) is 112 cm³/mol. The lowest BCUT2D eigenvalue weighted by Crippen LogP contribution is -2.05. The number of hydrogen-bond acceptors (Lipinski definition) is 3. The summed E-state index contributed by atoms with van der Waals surface area (Å²) >= 11 is 0. The van der Waals surface area contributed by atoms with E-state index >= 15 is 0 Å². The molecule has 0 fully saturated rings. The Kier molecular flexibility index (Phi) is 7.28. The number of ether oxygens (including phenoxy) is 2. The van der Waals surface area contributed by atoms with E-state index in [1.165, 1.54) is 11.1 Å². The zero-order valence-corrected chi connectivity index (χ0v) is 17.4. The molecular formula is C23H31NO3. The van der Waals surface area contributed by atoms with Gasteiger partial charge in [-0.15, -0.1) is 0 Å². The van der Waals surface area contributed by atoms with Crippen molar-refractivity contribution in [1.29, 1.82) is 0 Å². The molecule has 0 aliphatic rings. The number of rotatable bonds is 9. The van der Waals surface area contributed by atoms with Crippen molar-refractivity contribution in [3.8, 4) is 11.5 Å². The Labute approximate surface area is 162 Å². The van der Waals surface area contributed by atoms with Crippen LogP contribution in [0, 0.1) is 0 Å². The van der Waals surface area contributed by atoms with Gasteiger partial charge in [0.15, 0.2) is 17.3 Å². The highest BCUT2D eigenvalue weighted by Crippen LogP contribution is 2.33. The van der Waals surface area contributed by atoms with Crippen molar-refractivity contribution in [1.82, 2.24) is 4.57 Å². The molecule has 4 heteroatoms. The van der Waals surface area contributed by atoms with Gasteiger partial charge in [-0.25, -0.2) is 0 Å². The summed E-state index contributed by atoms with van der Waals surface area (Å²) in [6, 6.07) is 5.77. The number of nitrogens with zero attached hydrogens (tertiary/aromatic N) is 1. The molecule has 0 unspecified atom stereocenters. The highest BCUT2D eigenvalue weighted by atomic mass is 16.5. The number of ketones is 1. The molecule has 146 valence electrons. The van der Waals surface area contributed by atoms with Crippen LogP contribution in [0.15, 0.2) is 41.5 Å². The van der Waals surface area contributed by atoms with Crippen molar-refractivity contribution in [2.45, 2.75) is 46.5 Å². The van der Waals surface area contributed by atoms with Crippen molar-refractivity contribution in [3.63, 3.8) is 0 Å². The van der Waals surface area contributed by atoms with Crippen molar-refractivity contribution in [2.24, 2.45) is 7.05 Å². The van der Waals surface area contributed by atoms with Gasteiger partial charge in [-0.05, 0) is 52.2 Å². The maximum Gasteiger partial charge on any atom is 0.179 e. The Balaban J connectivity index is 2.09. The summed E-state index contributed by atoms with van der Waals surface area (Å²) in [5.41, 5.74) is 4.37. The Morgan fingerprint density at radius 3 is 2.22 bits per heavy atom. The molecule has 0 bridgehead atoms. The maximum absolute atomic E-state index is 12.7. The van der Waals surface area contributed by atoms with Gasteiger partial charge in [-0.2, -0.15) is 0 Å². The Bertz CT molecular complexity index is 867. The standard InChI is InChI=1S/C23H31NO3/c1-16(2)9-7-10-17(3)11-8-12-21(25)20-13-18-14-22(26-5)23(27-6)15-19(18)24(20)4/h9,11,13-15H,7-8,10,12H2,1-6H3/b17-11+. The van der Waals surface area contributed by atoms with Crippen LogP contribution in [0.2, 0.25) is 0 Å². The minimum absolute atomic E-state index is 0.153. The third kappa shape index (κ3) is 5.25. The first-order chi connectivity index (χ1) is 12.9. The third-order valence-electron chi connectivity index (χ3n) is 4.79. The normalized spacial score (nSPS) is 11.6. The van der Waals surface area contributed by atoms with E-state index in [0.29, 0.717) is 17.9 Å². The summed E-state index contributed by atoms with van der Waals surface area (Å²) in [4.78, 5) is 12.7. The van der Waals surface area contributed by atoms with Crippen LogP contribution in [0.25, 0.3) is 10.9 Å². The zero-order valence-electron chi connectivity index (χ0n) is 17.4. The van der Waals surface area contributed by atoms with Gasteiger partial charge in [0, 0.05) is 24.9 Å². The molecule has 0 saturated heterocycles. The number of fused-ring (bicyclic) bond motifs is 1. The lowest BCUT2D eigenvalue weighted by Gasteiger charge is -2.08. The van der Waals surface area contributed by atoms with Crippen LogP contribution in [-0.2, 0) is 7.05 Å². The molecule has 4 nitrogen and oxygen atoms in total. The van der Waals surface area contributed by atoms with Crippen LogP contribution in [0.3, 0.4) is 0 Å². The van der Waals surface area contributed by atoms with E-state index in [9.17, 15) is 4.79 Å². The van der Waals surface area contributed by atoms with E-state index < -0.39 is 0 Å². The third-order valence-corrected chi connectivity index (χ3v) is 4.79. The van der Waals surface area contributed by atoms with Gasteiger partial charge in [0.2, 0.25) is 0 Å². The van der Waals surface area contributed by atoms with Crippen molar-refractivity contribution in [3.05, 3.63) is 47.2 Å². The topological polar surface area (TPSA) is 40.5 Å². The number of Topliss-reactive ketones (excluding diaryl/α,β-unsaturated/α-hetero) is 1. The fourth-order valence-electron chi connectivity index (χ4n) is 3.20. The van der Waals surface area contributed by atoms with Crippen LogP contribution in [0.1, 0.15) is 56.9 Å². The smallest absolute Gasteiger partial charge is 0.179 e. The number of methoxy groups -OCH3 is 2. The lowest BCUT2D eigenvalue weighted by molar-refractivity contribution is 0.0976. The Morgan fingerprint density at radius 2 is 1.59 bits per heavy atom. The van der Waals surface area contributed by atoms with Crippen LogP contribution < -0.4 is 9.47 Å². The van der Waals surface area contributed by atoms with E-state index in [2.05, 4.69) is 32.9 Å². The van der Waals surface area contributed by atoms with Crippen LogP contribution in [0.5, 0.6) is 11.5 Å². The van der Waals surface area contributed by atoms with Crippen molar-refractivity contribution in [2.75, 3.05) is 14.2 Å². The number of hydrogen-bond donors (Lipinski definition) is 0. The van der Waals surface area contributed by atoms with Gasteiger partial charge in [0.1, 0.15) is 0 Å². The quantitative estimate of drug-likeness (QED) is 0.411. The van der Waals surface area contributed by atoms with Gasteiger partial charge in [0.05, 0.1) is 25.4 Å². The predicted octanol–water partition coefficient (Wildman–Crippen LogP) is 5.85. The van der Waals surface area contributed by atoms with Gasteiger partial charge < -0.3 is 14.0 Å². The molecule has 27 heavy (non-hydrogen) atoms. The fraction of sp³-hybridized carbons (Fsp3) is 0.435. The molecule has 2 rings (SSSR count). The number of carbonyl (C=O) groups excluding carboxylic acids is 1. The fourth-order valence-corrected chi connectivity index (χ4v) is 3.20. The number of allylic oxidation sites excluding steroid dienone is 4. The average molecular weight is 370 g/mol. The summed E-state index contributed by atoms with van der Waals surface area (Å²) in [6.45, 7) is 6.37. The van der Waals surface area contributed by atoms with Crippen molar-refractivity contribution < 1.29 is 14.3 Å². The highest BCUT2D eigenvalue weighted by molar-refractivity contribution is 6.00. The van der Waals surface area contributed by atoms with E-state index in [-0.39, 0.29) is 5.78 Å². The molecule has 0 radical (unpaired) electrons. The number of aryl methyl sites for hydroxylation is 1. The molecule has 0 N–H and O–H groups in total. The summed E-state index contributed by atoms with van der Waals surface area (Å²) in [5.74, 6) is 1.49. The Hall–Kier alpha value is -2.49. The minimum Gasteiger partial charge on any atom is -0.493 e. The molecular weight excluding hydrogens is 338 g/mol. The number of carbonyl (C=O) groups is 1. The molecule has 1 aromatic carbocycles. The average Bonchev–Trinajstić information content (AvgIpc) is 2.96. The summed E-state index contributed by atoms with van der Waals surface area (Å²) in [6.07, 6.45) is 7.83. The largest absolute Gasteiger partial charge is 0.493 e. The monoisotopic (exact) mass is 369 g/mol. The molecule has 0 aliphatic heterocycles. The van der Waals surface area contributed by atoms with E-state index in [4.69, 9.17) is 9.47 Å². The van der Waals surface area contributed by atoms with Crippen molar-refractivity contribution >= 4 is 16.7 Å². The van der Waals surface area contributed by atoms with E-state index in [1.807, 2.05) is 29.8 Å². The molecule has 0 atom stereocenters. The molecule has 1 heterocycles. The molecule has 0 amide bonds. The second kappa shape index (κ2) is 9.45. The van der Waals surface area contributed by atoms with E-state index in [1.54, 1.807) is 14.2 Å². The summed E-state index contributed by atoms with van der Waals surface area (Å²) < 4.78 is 12.7. The first-order valence-electron chi connectivity index (χ1n) is 9.41. The zero-order chi connectivity index (χ0) is 20.0. The SMILES string of the molecule is COc1cc2cc(C(=O)CC/C=C(\C)CCC=C(C)C)n(C)c2cc1OC. The highest BCUT2D eigenvalue weighted by Gasteiger charge is 2.15. The summed E-state index contributed by atoms with van der Waals surface area (Å²) in [5, 5.41) is 0.979. The van der Waals surface area contributed by atoms with Gasteiger partial charge in [-0.3, -0.25) is 4.79 Å². The molecule has 0 saturated carbocycles. The minimum atomic E-state index is 0.153. The first kappa shape index (κ1) is 20.8. The number of benzene rings is 1. The maximum atomic E-state index is 12.7. The molecule has 0 aliphatic carbocycles. The first-order valence-corrected chi connectivity index (χ1v) is 9.41. The second-order valence-electron chi connectivity index (χ2n) is 7.19. The van der Waals surface area contributed by atoms with Crippen LogP contribution in [0.4, 0.5) is 0 Å². The molecule has 1 aromatic heterocycles. The Morgan fingerprint density at radius 1 is 0.963 bits per heavy atom. The van der Waals surface area contributed by atoms with Crippen LogP contribution in [-0.4, -0.2) is 24.6 Å². The van der Waals surface area contributed by atoms with E-state index in [0.717, 1.165) is 35.9 Å². The molecule has 2 aromatic rings. The van der Waals surface area contributed by atoms with Gasteiger partial charge in [0.25, 0.3) is 0 Å². The van der Waals surface area contributed by atoms with Gasteiger partial charge >= 0.3 is 0 Å².